The number of thiophene rings is 1. The van der Waals surface area contributed by atoms with Gasteiger partial charge >= 0.3 is 0 Å². The van der Waals surface area contributed by atoms with Crippen LogP contribution in [0, 0.1) is 0 Å². The molecule has 0 aliphatic carbocycles. The smallest absolute Gasteiger partial charge is 0.166 e. The Morgan fingerprint density at radius 2 is 2.35 bits per heavy atom. The number of nitrogens with zero attached hydrogens (tertiary/aromatic N) is 3. The van der Waals surface area contributed by atoms with E-state index in [0.717, 1.165) is 15.6 Å². The molecule has 3 heterocycles. The Balaban J connectivity index is 2.35. The van der Waals surface area contributed by atoms with Gasteiger partial charge in [0.25, 0.3) is 0 Å². The zero-order chi connectivity index (χ0) is 11.8. The zero-order valence-electron chi connectivity index (χ0n) is 8.50. The summed E-state index contributed by atoms with van der Waals surface area (Å²) in [5, 5.41) is 6.35. The van der Waals surface area contributed by atoms with Crippen LogP contribution in [0.2, 0.25) is 0 Å². The van der Waals surface area contributed by atoms with Crippen molar-refractivity contribution in [3.05, 3.63) is 39.9 Å². The molecular formula is C11H6BrN3OS. The van der Waals surface area contributed by atoms with Crippen molar-refractivity contribution in [2.24, 2.45) is 0 Å². The van der Waals surface area contributed by atoms with Gasteiger partial charge in [-0.25, -0.2) is 9.50 Å². The topological polar surface area (TPSA) is 47.3 Å². The van der Waals surface area contributed by atoms with Gasteiger partial charge in [0.1, 0.15) is 5.69 Å². The summed E-state index contributed by atoms with van der Waals surface area (Å²) >= 11 is 4.88. The Hall–Kier alpha value is -1.53. The van der Waals surface area contributed by atoms with E-state index >= 15 is 0 Å². The van der Waals surface area contributed by atoms with Crippen molar-refractivity contribution in [3.63, 3.8) is 0 Å². The highest BCUT2D eigenvalue weighted by Crippen LogP contribution is 2.28. The maximum Gasteiger partial charge on any atom is 0.166 e. The first kappa shape index (κ1) is 10.6. The third-order valence-electron chi connectivity index (χ3n) is 2.35. The Labute approximate surface area is 109 Å². The van der Waals surface area contributed by atoms with Gasteiger partial charge in [-0.3, -0.25) is 4.79 Å². The van der Waals surface area contributed by atoms with Crippen molar-refractivity contribution in [1.29, 1.82) is 0 Å². The van der Waals surface area contributed by atoms with Crippen LogP contribution in [0.15, 0.2) is 34.4 Å². The average molecular weight is 308 g/mol. The maximum atomic E-state index is 11.2. The van der Waals surface area contributed by atoms with Crippen molar-refractivity contribution in [3.8, 4) is 10.6 Å². The summed E-state index contributed by atoms with van der Waals surface area (Å²) in [6.45, 7) is 0. The predicted octanol–water partition coefficient (Wildman–Crippen LogP) is 3.03. The Bertz CT molecular complexity index is 690. The minimum absolute atomic E-state index is 0.528. The van der Waals surface area contributed by atoms with Gasteiger partial charge in [0.05, 0.1) is 14.9 Å². The molecule has 0 bridgehead atoms. The highest BCUT2D eigenvalue weighted by atomic mass is 79.9. The number of halogens is 1. The maximum absolute atomic E-state index is 11.2. The molecule has 0 saturated carbocycles. The second-order valence-corrected chi connectivity index (χ2v) is 5.26. The molecule has 0 spiro atoms. The molecule has 0 saturated heterocycles. The normalized spacial score (nSPS) is 10.9. The Kier molecular flexibility index (Phi) is 2.53. The van der Waals surface area contributed by atoms with Crippen LogP contribution >= 0.6 is 27.3 Å². The third kappa shape index (κ3) is 1.69. The van der Waals surface area contributed by atoms with E-state index in [1.165, 1.54) is 0 Å². The number of carbonyl (C=O) groups is 1. The quantitative estimate of drug-likeness (QED) is 0.684. The van der Waals surface area contributed by atoms with Crippen LogP contribution < -0.4 is 0 Å². The molecule has 0 amide bonds. The number of hydrogen-bond acceptors (Lipinski definition) is 4. The van der Waals surface area contributed by atoms with Crippen molar-refractivity contribution in [2.75, 3.05) is 0 Å². The molecule has 0 fully saturated rings. The van der Waals surface area contributed by atoms with E-state index in [4.69, 9.17) is 0 Å². The fourth-order valence-electron chi connectivity index (χ4n) is 1.63. The summed E-state index contributed by atoms with van der Waals surface area (Å²) in [5.41, 5.74) is 1.78. The summed E-state index contributed by atoms with van der Waals surface area (Å²) in [6.07, 6.45) is 4.24. The van der Waals surface area contributed by atoms with Gasteiger partial charge in [-0.15, -0.1) is 11.3 Å². The minimum atomic E-state index is 0.528. The van der Waals surface area contributed by atoms with E-state index in [0.29, 0.717) is 16.9 Å². The number of aldehydes is 1. The number of hydrogen-bond donors (Lipinski definition) is 0. The van der Waals surface area contributed by atoms with Gasteiger partial charge in [0.2, 0.25) is 0 Å². The van der Waals surface area contributed by atoms with Crippen LogP contribution in [0.3, 0.4) is 0 Å². The van der Waals surface area contributed by atoms with Crippen molar-refractivity contribution in [1.82, 2.24) is 14.6 Å². The van der Waals surface area contributed by atoms with Crippen molar-refractivity contribution >= 4 is 39.2 Å². The molecule has 3 aromatic heterocycles. The number of aromatic nitrogens is 3. The predicted molar refractivity (Wildman–Crippen MR) is 69.4 cm³/mol. The number of carbonyl (C=O) groups excluding carboxylic acids is 1. The molecule has 3 rings (SSSR count). The van der Waals surface area contributed by atoms with Crippen molar-refractivity contribution in [2.45, 2.75) is 0 Å². The van der Waals surface area contributed by atoms with Crippen LogP contribution in [0.4, 0.5) is 0 Å². The van der Waals surface area contributed by atoms with Gasteiger partial charge in [0.15, 0.2) is 11.9 Å². The second-order valence-electron chi connectivity index (χ2n) is 3.40. The molecule has 0 radical (unpaired) electrons. The molecule has 6 heteroatoms. The molecule has 0 aromatic carbocycles. The first-order valence-corrected chi connectivity index (χ1v) is 6.50. The first-order chi connectivity index (χ1) is 8.29. The van der Waals surface area contributed by atoms with E-state index in [-0.39, 0.29) is 0 Å². The summed E-state index contributed by atoms with van der Waals surface area (Å²) in [6, 6.07) is 3.87. The summed E-state index contributed by atoms with van der Waals surface area (Å²) in [5.74, 6) is 0. The molecule has 17 heavy (non-hydrogen) atoms. The summed E-state index contributed by atoms with van der Waals surface area (Å²) in [7, 11) is 0. The number of rotatable bonds is 2. The molecule has 0 unspecified atom stereocenters. The lowest BCUT2D eigenvalue weighted by atomic mass is 10.2. The van der Waals surface area contributed by atoms with Crippen LogP contribution in [0.25, 0.3) is 16.2 Å². The van der Waals surface area contributed by atoms with Gasteiger partial charge in [0, 0.05) is 12.4 Å². The molecule has 3 aromatic rings. The van der Waals surface area contributed by atoms with E-state index in [1.54, 1.807) is 28.2 Å². The Morgan fingerprint density at radius 1 is 1.47 bits per heavy atom. The summed E-state index contributed by atoms with van der Waals surface area (Å²) in [4.78, 5) is 16.4. The van der Waals surface area contributed by atoms with E-state index < -0.39 is 0 Å². The molecule has 0 aliphatic heterocycles. The molecule has 84 valence electrons. The van der Waals surface area contributed by atoms with Gasteiger partial charge in [-0.1, -0.05) is 6.07 Å². The first-order valence-electron chi connectivity index (χ1n) is 4.82. The molecule has 0 atom stereocenters. The van der Waals surface area contributed by atoms with Gasteiger partial charge in [-0.2, -0.15) is 5.10 Å². The standard InChI is InChI=1S/C11H6BrN3OS/c12-7-4-13-11-8(6-16)10(14-15(11)5-7)9-2-1-3-17-9/h1-6H. The monoisotopic (exact) mass is 307 g/mol. The lowest BCUT2D eigenvalue weighted by Crippen LogP contribution is -1.89. The average Bonchev–Trinajstić information content (AvgIpc) is 2.94. The fourth-order valence-corrected chi connectivity index (χ4v) is 2.65. The Morgan fingerprint density at radius 3 is 3.06 bits per heavy atom. The fraction of sp³-hybridized carbons (Fsp3) is 0. The van der Waals surface area contributed by atoms with Crippen molar-refractivity contribution < 1.29 is 4.79 Å². The van der Waals surface area contributed by atoms with E-state index in [1.807, 2.05) is 17.5 Å². The minimum Gasteiger partial charge on any atom is -0.298 e. The largest absolute Gasteiger partial charge is 0.298 e. The van der Waals surface area contributed by atoms with Gasteiger partial charge < -0.3 is 0 Å². The van der Waals surface area contributed by atoms with E-state index in [9.17, 15) is 4.79 Å². The van der Waals surface area contributed by atoms with Crippen LogP contribution in [0.5, 0.6) is 0 Å². The molecule has 4 nitrogen and oxygen atoms in total. The van der Waals surface area contributed by atoms with Crippen LogP contribution in [-0.2, 0) is 0 Å². The van der Waals surface area contributed by atoms with Crippen LogP contribution in [0.1, 0.15) is 10.4 Å². The summed E-state index contributed by atoms with van der Waals surface area (Å²) < 4.78 is 2.44. The van der Waals surface area contributed by atoms with Crippen LogP contribution in [-0.4, -0.2) is 20.9 Å². The van der Waals surface area contributed by atoms with Gasteiger partial charge in [-0.05, 0) is 27.4 Å². The molecule has 0 aliphatic rings. The van der Waals surface area contributed by atoms with E-state index in [2.05, 4.69) is 26.0 Å². The SMILES string of the molecule is O=Cc1c(-c2cccs2)nn2cc(Br)cnc12. The third-order valence-corrected chi connectivity index (χ3v) is 3.64. The molecular weight excluding hydrogens is 302 g/mol. The lowest BCUT2D eigenvalue weighted by molar-refractivity contribution is 0.112. The number of fused-ring (bicyclic) bond motifs is 1. The highest BCUT2D eigenvalue weighted by Gasteiger charge is 2.15. The molecule has 0 N–H and O–H groups in total. The lowest BCUT2D eigenvalue weighted by Gasteiger charge is -1.92. The zero-order valence-corrected chi connectivity index (χ0v) is 10.9. The highest BCUT2D eigenvalue weighted by molar-refractivity contribution is 9.10. The second kappa shape index (κ2) is 4.05.